The minimum absolute atomic E-state index is 0.488. The van der Waals surface area contributed by atoms with Gasteiger partial charge in [0.2, 0.25) is 0 Å². The molecule has 2 rings (SSSR count). The fourth-order valence-electron chi connectivity index (χ4n) is 2.82. The second kappa shape index (κ2) is 8.64. The van der Waals surface area contributed by atoms with Crippen molar-refractivity contribution < 1.29 is 0 Å². The predicted molar refractivity (Wildman–Crippen MR) is 98.1 cm³/mol. The van der Waals surface area contributed by atoms with Crippen LogP contribution in [-0.4, -0.2) is 0 Å². The van der Waals surface area contributed by atoms with Crippen LogP contribution in [0.1, 0.15) is 64.0 Å². The van der Waals surface area contributed by atoms with Crippen LogP contribution in [0, 0.1) is 17.8 Å². The van der Waals surface area contributed by atoms with Gasteiger partial charge in [0, 0.05) is 11.5 Å². The predicted octanol–water partition coefficient (Wildman–Crippen LogP) is 6.36. The number of hydrogen-bond donors (Lipinski definition) is 0. The van der Waals surface area contributed by atoms with Crippen LogP contribution < -0.4 is 0 Å². The maximum Gasteiger partial charge on any atom is 0.0251 e. The minimum Gasteiger partial charge on any atom is -0.0948 e. The van der Waals surface area contributed by atoms with E-state index in [9.17, 15) is 0 Å². The molecule has 0 radical (unpaired) electrons. The molecule has 0 fully saturated rings. The lowest BCUT2D eigenvalue weighted by atomic mass is 10.0. The topological polar surface area (TPSA) is 0 Å². The second-order valence-electron chi connectivity index (χ2n) is 6.31. The normalized spacial score (nSPS) is 12.0. The number of unbranched alkanes of at least 4 members (excludes halogenated alkanes) is 2. The third-order valence-corrected chi connectivity index (χ3v) is 4.16. The van der Waals surface area contributed by atoms with Crippen LogP contribution in [0.5, 0.6) is 0 Å². The largest absolute Gasteiger partial charge is 0.0948 e. The number of rotatable bonds is 6. The van der Waals surface area contributed by atoms with Crippen LogP contribution in [0.4, 0.5) is 0 Å². The van der Waals surface area contributed by atoms with Gasteiger partial charge in [0.05, 0.1) is 0 Å². The van der Waals surface area contributed by atoms with Gasteiger partial charge >= 0.3 is 0 Å². The van der Waals surface area contributed by atoms with E-state index in [1.54, 1.807) is 0 Å². The minimum atomic E-state index is 0.488. The fourth-order valence-corrected chi connectivity index (χ4v) is 2.82. The number of benzene rings is 2. The molecule has 0 spiro atoms. The van der Waals surface area contributed by atoms with E-state index in [4.69, 9.17) is 0 Å². The van der Waals surface area contributed by atoms with Crippen molar-refractivity contribution in [1.29, 1.82) is 0 Å². The summed E-state index contributed by atoms with van der Waals surface area (Å²) in [5.41, 5.74) is 2.59. The van der Waals surface area contributed by atoms with Gasteiger partial charge in [0.1, 0.15) is 0 Å². The molecule has 0 bridgehead atoms. The van der Waals surface area contributed by atoms with Crippen LogP contribution in [-0.2, 0) is 6.42 Å². The summed E-state index contributed by atoms with van der Waals surface area (Å²) in [6.45, 7) is 6.68. The summed E-state index contributed by atoms with van der Waals surface area (Å²) in [5, 5.41) is 2.63. The van der Waals surface area contributed by atoms with Gasteiger partial charge < -0.3 is 0 Å². The molecule has 0 nitrogen and oxygen atoms in total. The van der Waals surface area contributed by atoms with Crippen LogP contribution in [0.25, 0.3) is 10.8 Å². The smallest absolute Gasteiger partial charge is 0.0251 e. The van der Waals surface area contributed by atoms with Gasteiger partial charge in [-0.1, -0.05) is 76.1 Å². The quantitative estimate of drug-likeness (QED) is 0.429. The Morgan fingerprint density at radius 2 is 1.68 bits per heavy atom. The number of aryl methyl sites for hydroxylation is 1. The van der Waals surface area contributed by atoms with Gasteiger partial charge in [-0.15, -0.1) is 0 Å². The highest BCUT2D eigenvalue weighted by molar-refractivity contribution is 5.84. The van der Waals surface area contributed by atoms with Gasteiger partial charge in [-0.05, 0) is 47.7 Å². The summed E-state index contributed by atoms with van der Waals surface area (Å²) in [5.74, 6) is 7.18. The van der Waals surface area contributed by atoms with Crippen molar-refractivity contribution >= 4 is 10.8 Å². The fraction of sp³-hybridized carbons (Fsp3) is 0.455. The number of fused-ring (bicyclic) bond motifs is 1. The molecule has 0 heteroatoms. The highest BCUT2D eigenvalue weighted by Gasteiger charge is 1.99. The average Bonchev–Trinajstić information content (AvgIpc) is 2.53. The Bertz CT molecular complexity index is 655. The van der Waals surface area contributed by atoms with Crippen molar-refractivity contribution in [2.45, 2.75) is 59.3 Å². The van der Waals surface area contributed by atoms with Crippen molar-refractivity contribution in [1.82, 2.24) is 0 Å². The van der Waals surface area contributed by atoms with Crippen molar-refractivity contribution in [3.05, 3.63) is 47.5 Å². The highest BCUT2D eigenvalue weighted by Crippen LogP contribution is 2.19. The lowest BCUT2D eigenvalue weighted by Crippen LogP contribution is -1.88. The van der Waals surface area contributed by atoms with E-state index >= 15 is 0 Å². The monoisotopic (exact) mass is 292 g/mol. The van der Waals surface area contributed by atoms with Gasteiger partial charge in [-0.3, -0.25) is 0 Å². The Hall–Kier alpha value is -1.74. The number of hydrogen-bond acceptors (Lipinski definition) is 0. The second-order valence-corrected chi connectivity index (χ2v) is 6.31. The first-order valence-corrected chi connectivity index (χ1v) is 8.77. The van der Waals surface area contributed by atoms with E-state index in [-0.39, 0.29) is 0 Å². The zero-order chi connectivity index (χ0) is 15.8. The average molecular weight is 292 g/mol. The highest BCUT2D eigenvalue weighted by atomic mass is 14.0. The molecular formula is C22H28. The summed E-state index contributed by atoms with van der Waals surface area (Å²) >= 11 is 0. The lowest BCUT2D eigenvalue weighted by Gasteiger charge is -2.04. The van der Waals surface area contributed by atoms with Crippen LogP contribution in [0.3, 0.4) is 0 Å². The van der Waals surface area contributed by atoms with Crippen LogP contribution >= 0.6 is 0 Å². The van der Waals surface area contributed by atoms with Crippen molar-refractivity contribution in [2.75, 3.05) is 0 Å². The zero-order valence-electron chi connectivity index (χ0n) is 14.3. The summed E-state index contributed by atoms with van der Waals surface area (Å²) < 4.78 is 0. The molecule has 0 aliphatic carbocycles. The molecule has 0 N–H and O–H groups in total. The summed E-state index contributed by atoms with van der Waals surface area (Å²) in [6.07, 6.45) is 7.48. The van der Waals surface area contributed by atoms with Gasteiger partial charge in [0.25, 0.3) is 0 Å². The van der Waals surface area contributed by atoms with E-state index in [1.165, 1.54) is 54.9 Å². The van der Waals surface area contributed by atoms with Crippen LogP contribution in [0.2, 0.25) is 0 Å². The molecule has 0 aliphatic heterocycles. The Balaban J connectivity index is 2.12. The first-order chi connectivity index (χ1) is 10.7. The van der Waals surface area contributed by atoms with E-state index < -0.39 is 0 Å². The molecule has 0 amide bonds. The van der Waals surface area contributed by atoms with Gasteiger partial charge in [-0.25, -0.2) is 0 Å². The molecule has 2 aromatic rings. The van der Waals surface area contributed by atoms with E-state index in [0.717, 1.165) is 5.56 Å². The first kappa shape index (κ1) is 16.6. The third-order valence-electron chi connectivity index (χ3n) is 4.16. The van der Waals surface area contributed by atoms with E-state index in [2.05, 4.69) is 69.0 Å². The lowest BCUT2D eigenvalue weighted by molar-refractivity contribution is 0.653. The molecule has 1 atom stereocenters. The Labute approximate surface area is 135 Å². The molecule has 0 aromatic heterocycles. The summed E-state index contributed by atoms with van der Waals surface area (Å²) in [4.78, 5) is 0. The summed E-state index contributed by atoms with van der Waals surface area (Å²) in [6, 6.07) is 13.4. The Morgan fingerprint density at radius 3 is 2.45 bits per heavy atom. The van der Waals surface area contributed by atoms with Crippen molar-refractivity contribution in [3.8, 4) is 11.8 Å². The van der Waals surface area contributed by atoms with Crippen molar-refractivity contribution in [3.63, 3.8) is 0 Å². The summed E-state index contributed by atoms with van der Waals surface area (Å²) in [7, 11) is 0. The standard InChI is InChI=1S/C22H28/c1-4-6-7-9-19-12-14-22-17-20(13-15-21(22)16-19)11-10-18(3)8-5-2/h12-18H,4-9H2,1-3H3. The van der Waals surface area contributed by atoms with E-state index in [0.29, 0.717) is 5.92 Å². The maximum absolute atomic E-state index is 3.36. The maximum atomic E-state index is 3.36. The molecule has 22 heavy (non-hydrogen) atoms. The first-order valence-electron chi connectivity index (χ1n) is 8.77. The molecule has 2 aromatic carbocycles. The Kier molecular flexibility index (Phi) is 6.53. The van der Waals surface area contributed by atoms with Gasteiger partial charge in [-0.2, -0.15) is 0 Å². The van der Waals surface area contributed by atoms with Crippen LogP contribution in [0.15, 0.2) is 36.4 Å². The molecule has 1 unspecified atom stereocenters. The SMILES string of the molecule is CCCCCc1ccc2cc(C#CC(C)CCC)ccc2c1. The zero-order valence-corrected chi connectivity index (χ0v) is 14.3. The molecule has 0 heterocycles. The molecule has 116 valence electrons. The molecule has 0 aliphatic rings. The van der Waals surface area contributed by atoms with Gasteiger partial charge in [0.15, 0.2) is 0 Å². The van der Waals surface area contributed by atoms with Crippen molar-refractivity contribution in [2.24, 2.45) is 5.92 Å². The molecule has 0 saturated heterocycles. The molecular weight excluding hydrogens is 264 g/mol. The molecule has 0 saturated carbocycles. The third kappa shape index (κ3) is 4.92. The van der Waals surface area contributed by atoms with E-state index in [1.807, 2.05) is 0 Å². The Morgan fingerprint density at radius 1 is 0.909 bits per heavy atom.